The van der Waals surface area contributed by atoms with E-state index in [0.29, 0.717) is 5.56 Å². The van der Waals surface area contributed by atoms with Crippen molar-refractivity contribution in [3.05, 3.63) is 35.9 Å². The number of carbonyl (C=O) groups excluding carboxylic acids is 3. The number of thiol groups is 1. The molecule has 0 spiro atoms. The first kappa shape index (κ1) is 29.4. The first-order valence-electron chi connectivity index (χ1n) is 10.4. The minimum absolute atomic E-state index is 0.0114. The molecular weight excluding hydrogens is 484 g/mol. The predicted octanol–water partition coefficient (Wildman–Crippen LogP) is -1.64. The molecule has 1 aromatic rings. The minimum Gasteiger partial charge on any atom is -0.481 e. The summed E-state index contributed by atoms with van der Waals surface area (Å²) in [6.07, 6.45) is -1.94. The van der Waals surface area contributed by atoms with Gasteiger partial charge in [0.25, 0.3) is 0 Å². The normalized spacial score (nSPS) is 14.0. The Morgan fingerprint density at radius 2 is 1.34 bits per heavy atom. The molecular formula is C21H28N4O9S. The average molecular weight is 513 g/mol. The zero-order chi connectivity index (χ0) is 26.5. The maximum Gasteiger partial charge on any atom is 0.326 e. The smallest absolute Gasteiger partial charge is 0.326 e. The number of hydrogen-bond donors (Lipinski definition) is 8. The van der Waals surface area contributed by atoms with E-state index in [9.17, 15) is 33.9 Å². The minimum atomic E-state index is -1.71. The maximum absolute atomic E-state index is 13.0. The molecule has 3 amide bonds. The lowest BCUT2D eigenvalue weighted by Gasteiger charge is -2.24. The Morgan fingerprint density at radius 1 is 0.800 bits per heavy atom. The van der Waals surface area contributed by atoms with Crippen LogP contribution in [0, 0.1) is 0 Å². The molecule has 0 bridgehead atoms. The van der Waals surface area contributed by atoms with Crippen molar-refractivity contribution in [1.82, 2.24) is 16.0 Å². The number of benzene rings is 1. The van der Waals surface area contributed by atoms with Crippen molar-refractivity contribution in [3.8, 4) is 0 Å². The number of nitrogens with two attached hydrogens (primary N) is 1. The lowest BCUT2D eigenvalue weighted by atomic mass is 10.0. The second-order valence-electron chi connectivity index (χ2n) is 7.53. The second-order valence-corrected chi connectivity index (χ2v) is 7.90. The van der Waals surface area contributed by atoms with Crippen LogP contribution in [-0.4, -0.2) is 80.9 Å². The monoisotopic (exact) mass is 512 g/mol. The standard InChI is InChI=1S/C21H28N4O9S/c22-12(10-35)18(30)24-14(8-11-4-2-1-3-5-11)19(31)25-15(9-17(28)29)20(32)23-13(21(33)34)6-7-16(26)27/h1-5,12-15,35H,6-10,22H2,(H,23,32)(H,24,30)(H,25,31)(H,26,27)(H,28,29)(H,33,34). The molecule has 4 atom stereocenters. The largest absolute Gasteiger partial charge is 0.481 e. The summed E-state index contributed by atoms with van der Waals surface area (Å²) >= 11 is 3.94. The summed E-state index contributed by atoms with van der Waals surface area (Å²) in [5.41, 5.74) is 6.29. The number of carboxylic acids is 3. The van der Waals surface area contributed by atoms with Crippen molar-refractivity contribution in [2.45, 2.75) is 49.9 Å². The zero-order valence-electron chi connectivity index (χ0n) is 18.5. The fourth-order valence-electron chi connectivity index (χ4n) is 2.87. The van der Waals surface area contributed by atoms with Crippen LogP contribution in [0.15, 0.2) is 30.3 Å². The first-order chi connectivity index (χ1) is 16.4. The van der Waals surface area contributed by atoms with Gasteiger partial charge in [-0.25, -0.2) is 4.79 Å². The van der Waals surface area contributed by atoms with Crippen LogP contribution < -0.4 is 21.7 Å². The molecule has 0 aliphatic rings. The molecule has 0 aromatic heterocycles. The van der Waals surface area contributed by atoms with Gasteiger partial charge < -0.3 is 37.0 Å². The molecule has 35 heavy (non-hydrogen) atoms. The third-order valence-corrected chi connectivity index (χ3v) is 5.12. The Labute approximate surface area is 205 Å². The number of amides is 3. The van der Waals surface area contributed by atoms with Crippen LogP contribution >= 0.6 is 12.6 Å². The first-order valence-corrected chi connectivity index (χ1v) is 11.1. The summed E-state index contributed by atoms with van der Waals surface area (Å²) in [5.74, 6) is -7.06. The fourth-order valence-corrected chi connectivity index (χ4v) is 3.04. The molecule has 0 radical (unpaired) electrons. The molecule has 4 unspecified atom stereocenters. The van der Waals surface area contributed by atoms with E-state index >= 15 is 0 Å². The Hall–Kier alpha value is -3.65. The molecule has 13 nitrogen and oxygen atoms in total. The van der Waals surface area contributed by atoms with Gasteiger partial charge in [-0.3, -0.25) is 24.0 Å². The van der Waals surface area contributed by atoms with Crippen molar-refractivity contribution >= 4 is 48.3 Å². The molecule has 0 heterocycles. The highest BCUT2D eigenvalue weighted by Crippen LogP contribution is 2.06. The molecule has 1 rings (SSSR count). The highest BCUT2D eigenvalue weighted by molar-refractivity contribution is 7.80. The molecule has 0 aliphatic carbocycles. The van der Waals surface area contributed by atoms with Gasteiger partial charge in [-0.15, -0.1) is 0 Å². The third-order valence-electron chi connectivity index (χ3n) is 4.72. The number of hydrogen-bond acceptors (Lipinski definition) is 8. The van der Waals surface area contributed by atoms with E-state index in [1.165, 1.54) is 0 Å². The van der Waals surface area contributed by atoms with Crippen LogP contribution in [0.4, 0.5) is 0 Å². The summed E-state index contributed by atoms with van der Waals surface area (Å²) < 4.78 is 0. The Bertz CT molecular complexity index is 929. The van der Waals surface area contributed by atoms with Gasteiger partial charge in [0.1, 0.15) is 18.1 Å². The molecule has 0 aliphatic heterocycles. The van der Waals surface area contributed by atoms with E-state index in [4.69, 9.17) is 15.9 Å². The van der Waals surface area contributed by atoms with E-state index in [-0.39, 0.29) is 12.2 Å². The number of carboxylic acid groups (broad SMARTS) is 3. The Morgan fingerprint density at radius 3 is 1.86 bits per heavy atom. The van der Waals surface area contributed by atoms with Gasteiger partial charge in [-0.2, -0.15) is 12.6 Å². The number of rotatable bonds is 15. The van der Waals surface area contributed by atoms with Gasteiger partial charge >= 0.3 is 17.9 Å². The lowest BCUT2D eigenvalue weighted by molar-refractivity contribution is -0.144. The molecule has 0 fully saturated rings. The molecule has 8 N–H and O–H groups in total. The quantitative estimate of drug-likeness (QED) is 0.125. The maximum atomic E-state index is 13.0. The summed E-state index contributed by atoms with van der Waals surface area (Å²) in [5, 5.41) is 33.9. The molecule has 0 saturated heterocycles. The lowest BCUT2D eigenvalue weighted by Crippen LogP contribution is -2.58. The average Bonchev–Trinajstić information content (AvgIpc) is 2.79. The van der Waals surface area contributed by atoms with E-state index in [0.717, 1.165) is 0 Å². The van der Waals surface area contributed by atoms with Gasteiger partial charge in [0.15, 0.2) is 0 Å². The number of carbonyl (C=O) groups is 6. The second kappa shape index (κ2) is 14.6. The van der Waals surface area contributed by atoms with Gasteiger partial charge in [-0.1, -0.05) is 30.3 Å². The van der Waals surface area contributed by atoms with Crippen LogP contribution in [0.1, 0.15) is 24.8 Å². The highest BCUT2D eigenvalue weighted by Gasteiger charge is 2.31. The molecule has 0 saturated carbocycles. The van der Waals surface area contributed by atoms with E-state index in [2.05, 4.69) is 23.3 Å². The fraction of sp³-hybridized carbons (Fsp3) is 0.429. The van der Waals surface area contributed by atoms with Gasteiger partial charge in [0.05, 0.1) is 12.5 Å². The van der Waals surface area contributed by atoms with Crippen LogP contribution in [0.5, 0.6) is 0 Å². The van der Waals surface area contributed by atoms with Crippen molar-refractivity contribution in [2.24, 2.45) is 5.73 Å². The topological polar surface area (TPSA) is 225 Å². The van der Waals surface area contributed by atoms with Crippen molar-refractivity contribution in [2.75, 3.05) is 5.75 Å². The summed E-state index contributed by atoms with van der Waals surface area (Å²) in [6.45, 7) is 0. The van der Waals surface area contributed by atoms with Crippen LogP contribution in [0.3, 0.4) is 0 Å². The third kappa shape index (κ3) is 10.9. The summed E-state index contributed by atoms with van der Waals surface area (Å²) in [6, 6.07) is 2.91. The Balaban J connectivity index is 3.07. The van der Waals surface area contributed by atoms with Crippen LogP contribution in [0.2, 0.25) is 0 Å². The van der Waals surface area contributed by atoms with Crippen molar-refractivity contribution < 1.29 is 44.1 Å². The number of nitrogens with one attached hydrogen (secondary N) is 3. The number of aliphatic carboxylic acids is 3. The Kier molecular flexibility index (Phi) is 12.2. The molecule has 192 valence electrons. The van der Waals surface area contributed by atoms with E-state index in [1.54, 1.807) is 30.3 Å². The van der Waals surface area contributed by atoms with E-state index in [1.807, 2.05) is 5.32 Å². The van der Waals surface area contributed by atoms with Crippen LogP contribution in [-0.2, 0) is 35.2 Å². The molecule has 14 heteroatoms. The SMILES string of the molecule is NC(CS)C(=O)NC(Cc1ccccc1)C(=O)NC(CC(=O)O)C(=O)NC(CCC(=O)O)C(=O)O. The zero-order valence-corrected chi connectivity index (χ0v) is 19.4. The predicted molar refractivity (Wildman–Crippen MR) is 125 cm³/mol. The van der Waals surface area contributed by atoms with Crippen LogP contribution in [0.25, 0.3) is 0 Å². The van der Waals surface area contributed by atoms with Crippen molar-refractivity contribution in [1.29, 1.82) is 0 Å². The highest BCUT2D eigenvalue weighted by atomic mass is 32.1. The van der Waals surface area contributed by atoms with Gasteiger partial charge in [-0.05, 0) is 12.0 Å². The van der Waals surface area contributed by atoms with E-state index < -0.39 is 79.1 Å². The summed E-state index contributed by atoms with van der Waals surface area (Å²) in [7, 11) is 0. The van der Waals surface area contributed by atoms with Gasteiger partial charge in [0, 0.05) is 18.6 Å². The summed E-state index contributed by atoms with van der Waals surface area (Å²) in [4.78, 5) is 71.2. The van der Waals surface area contributed by atoms with Gasteiger partial charge in [0.2, 0.25) is 17.7 Å². The van der Waals surface area contributed by atoms with Crippen molar-refractivity contribution in [3.63, 3.8) is 0 Å². The molecule has 1 aromatic carbocycles.